The van der Waals surface area contributed by atoms with Gasteiger partial charge in [0.15, 0.2) is 0 Å². The average Bonchev–Trinajstić information content (AvgIpc) is 2.77. The molecule has 0 amide bonds. The van der Waals surface area contributed by atoms with E-state index in [-0.39, 0.29) is 56.4 Å². The Hall–Kier alpha value is -1.19. The summed E-state index contributed by atoms with van der Waals surface area (Å²) < 4.78 is 0. The minimum Gasteiger partial charge on any atom is -0.481 e. The number of fused-ring (bicyclic) bond motifs is 7. The van der Waals surface area contributed by atoms with Gasteiger partial charge >= 0.3 is 5.97 Å². The largest absolute Gasteiger partial charge is 0.481 e. The van der Waals surface area contributed by atoms with Crippen LogP contribution in [0.5, 0.6) is 0 Å². The Kier molecular flexibility index (Phi) is 6.28. The van der Waals surface area contributed by atoms with Crippen LogP contribution in [0.25, 0.3) is 0 Å². The quantitative estimate of drug-likeness (QED) is 0.405. The van der Waals surface area contributed by atoms with Gasteiger partial charge < -0.3 is 5.11 Å². The molecule has 10 unspecified atom stereocenters. The SMILES string of the molecule is CC(=O)C1CC2(C)C(CCC3(C)C4CCC5(C(=O)O)CCC(C)(C)CC5C4(C)CCC23)C(C)(C)C1C(C)=O. The van der Waals surface area contributed by atoms with Crippen LogP contribution in [0.1, 0.15) is 127 Å². The first-order chi connectivity index (χ1) is 17.4. The van der Waals surface area contributed by atoms with Gasteiger partial charge in [0.25, 0.3) is 0 Å². The van der Waals surface area contributed by atoms with Crippen molar-refractivity contribution in [2.75, 3.05) is 0 Å². The molecule has 10 atom stereocenters. The van der Waals surface area contributed by atoms with Gasteiger partial charge in [-0.05, 0) is 129 Å². The van der Waals surface area contributed by atoms with Crippen LogP contribution in [0.2, 0.25) is 0 Å². The lowest BCUT2D eigenvalue weighted by molar-refractivity contribution is -0.247. The molecule has 4 nitrogen and oxygen atoms in total. The molecule has 5 fully saturated rings. The van der Waals surface area contributed by atoms with Gasteiger partial charge in [-0.15, -0.1) is 0 Å². The molecule has 0 heterocycles. The van der Waals surface area contributed by atoms with Gasteiger partial charge in [-0.3, -0.25) is 14.4 Å². The first-order valence-electron chi connectivity index (χ1n) is 15.6. The molecule has 38 heavy (non-hydrogen) atoms. The van der Waals surface area contributed by atoms with Crippen LogP contribution in [0.15, 0.2) is 0 Å². The molecule has 5 saturated carbocycles. The van der Waals surface area contributed by atoms with E-state index in [0.717, 1.165) is 64.2 Å². The first kappa shape index (κ1) is 28.3. The zero-order chi connectivity index (χ0) is 28.3. The van der Waals surface area contributed by atoms with Gasteiger partial charge in [0.05, 0.1) is 5.41 Å². The number of carbonyl (C=O) groups excluding carboxylic acids is 2. The highest BCUT2D eigenvalue weighted by molar-refractivity contribution is 5.88. The molecule has 0 aromatic heterocycles. The number of aliphatic carboxylic acids is 1. The van der Waals surface area contributed by atoms with Crippen molar-refractivity contribution in [1.29, 1.82) is 0 Å². The third kappa shape index (κ3) is 3.55. The van der Waals surface area contributed by atoms with Crippen LogP contribution in [0.4, 0.5) is 0 Å². The second-order valence-electron chi connectivity index (χ2n) is 17.0. The molecule has 0 radical (unpaired) electrons. The Morgan fingerprint density at radius 1 is 0.605 bits per heavy atom. The van der Waals surface area contributed by atoms with Crippen molar-refractivity contribution in [3.8, 4) is 0 Å². The lowest BCUT2D eigenvalue weighted by Gasteiger charge is -2.73. The van der Waals surface area contributed by atoms with Gasteiger partial charge in [0.2, 0.25) is 0 Å². The molecule has 0 saturated heterocycles. The van der Waals surface area contributed by atoms with Gasteiger partial charge in [0.1, 0.15) is 11.6 Å². The lowest BCUT2D eigenvalue weighted by Crippen LogP contribution is -2.68. The summed E-state index contributed by atoms with van der Waals surface area (Å²) in [5.41, 5.74) is -0.366. The van der Waals surface area contributed by atoms with Gasteiger partial charge in [-0.1, -0.05) is 48.5 Å². The van der Waals surface area contributed by atoms with E-state index >= 15 is 0 Å². The Balaban J connectivity index is 1.56. The van der Waals surface area contributed by atoms with Crippen LogP contribution >= 0.6 is 0 Å². The van der Waals surface area contributed by atoms with E-state index in [1.54, 1.807) is 13.8 Å². The van der Waals surface area contributed by atoms with Crippen molar-refractivity contribution in [3.05, 3.63) is 0 Å². The van der Waals surface area contributed by atoms with Crippen molar-refractivity contribution >= 4 is 17.5 Å². The minimum atomic E-state index is -0.563. The van der Waals surface area contributed by atoms with Crippen LogP contribution in [-0.2, 0) is 14.4 Å². The Morgan fingerprint density at radius 2 is 1.13 bits per heavy atom. The summed E-state index contributed by atoms with van der Waals surface area (Å²) in [6.07, 6.45) is 10.0. The molecular formula is C34H54O4. The maximum absolute atomic E-state index is 13.0. The van der Waals surface area contributed by atoms with Gasteiger partial charge in [0, 0.05) is 11.8 Å². The number of carbonyl (C=O) groups is 3. The number of Topliss-reactive ketones (excluding diaryl/α,β-unsaturated/α-hetero) is 2. The van der Waals surface area contributed by atoms with Crippen molar-refractivity contribution in [2.45, 2.75) is 127 Å². The number of ketones is 2. The normalized spacial score (nSPS) is 51.0. The standard InChI is InChI=1S/C34H54O4/c1-20(35)22-18-33(9)23(30(5,6)27(22)21(2)36)10-13-31(7)24-12-15-34(28(37)38)17-16-29(3,4)19-26(34)32(24,8)14-11-25(31)33/h22-27H,10-19H2,1-9H3,(H,37,38). The fourth-order valence-electron chi connectivity index (χ4n) is 13.0. The number of hydrogen-bond acceptors (Lipinski definition) is 3. The van der Waals surface area contributed by atoms with Gasteiger partial charge in [-0.2, -0.15) is 0 Å². The Labute approximate surface area is 231 Å². The highest BCUT2D eigenvalue weighted by Crippen LogP contribution is 2.77. The molecule has 5 rings (SSSR count). The van der Waals surface area contributed by atoms with Crippen molar-refractivity contribution in [1.82, 2.24) is 0 Å². The number of rotatable bonds is 3. The molecule has 0 aromatic carbocycles. The van der Waals surface area contributed by atoms with Crippen molar-refractivity contribution in [3.63, 3.8) is 0 Å². The highest BCUT2D eigenvalue weighted by atomic mass is 16.4. The van der Waals surface area contributed by atoms with E-state index < -0.39 is 11.4 Å². The summed E-state index contributed by atoms with van der Waals surface area (Å²) in [5, 5.41) is 10.6. The smallest absolute Gasteiger partial charge is 0.309 e. The average molecular weight is 527 g/mol. The zero-order valence-corrected chi connectivity index (χ0v) is 25.7. The first-order valence-corrected chi connectivity index (χ1v) is 15.6. The van der Waals surface area contributed by atoms with E-state index in [4.69, 9.17) is 0 Å². The van der Waals surface area contributed by atoms with Crippen molar-refractivity contribution in [2.24, 2.45) is 68.0 Å². The van der Waals surface area contributed by atoms with Crippen LogP contribution in [0.3, 0.4) is 0 Å². The summed E-state index contributed by atoms with van der Waals surface area (Å²) >= 11 is 0. The molecule has 0 aliphatic heterocycles. The topological polar surface area (TPSA) is 71.4 Å². The van der Waals surface area contributed by atoms with E-state index in [2.05, 4.69) is 48.5 Å². The third-order valence-corrected chi connectivity index (χ3v) is 14.4. The second kappa shape index (κ2) is 8.41. The summed E-state index contributed by atoms with van der Waals surface area (Å²) in [6.45, 7) is 20.2. The number of carboxylic acids is 1. The molecule has 214 valence electrons. The Morgan fingerprint density at radius 3 is 1.68 bits per heavy atom. The number of carboxylic acid groups (broad SMARTS) is 1. The molecule has 4 heteroatoms. The second-order valence-corrected chi connectivity index (χ2v) is 17.0. The van der Waals surface area contributed by atoms with Crippen molar-refractivity contribution < 1.29 is 19.5 Å². The molecule has 5 aliphatic carbocycles. The fourth-order valence-corrected chi connectivity index (χ4v) is 13.0. The molecule has 0 bridgehead atoms. The monoisotopic (exact) mass is 526 g/mol. The zero-order valence-electron chi connectivity index (χ0n) is 25.7. The number of hydrogen-bond donors (Lipinski definition) is 1. The predicted octanol–water partition coefficient (Wildman–Crippen LogP) is 7.97. The lowest BCUT2D eigenvalue weighted by atomic mass is 9.31. The van der Waals surface area contributed by atoms with E-state index in [9.17, 15) is 19.5 Å². The fraction of sp³-hybridized carbons (Fsp3) is 0.912. The van der Waals surface area contributed by atoms with E-state index in [0.29, 0.717) is 17.8 Å². The Bertz CT molecular complexity index is 1040. The molecule has 0 aromatic rings. The summed E-state index contributed by atoms with van der Waals surface area (Å²) in [4.78, 5) is 38.9. The van der Waals surface area contributed by atoms with Crippen LogP contribution in [0, 0.1) is 68.0 Å². The summed E-state index contributed by atoms with van der Waals surface area (Å²) in [5.74, 6) is 1.12. The maximum Gasteiger partial charge on any atom is 0.309 e. The van der Waals surface area contributed by atoms with E-state index in [1.807, 2.05) is 0 Å². The summed E-state index contributed by atoms with van der Waals surface area (Å²) in [7, 11) is 0. The van der Waals surface area contributed by atoms with E-state index in [1.165, 1.54) is 0 Å². The molecule has 0 spiro atoms. The molecular weight excluding hydrogens is 472 g/mol. The molecule has 1 N–H and O–H groups in total. The van der Waals surface area contributed by atoms with Crippen LogP contribution < -0.4 is 0 Å². The predicted molar refractivity (Wildman–Crippen MR) is 150 cm³/mol. The van der Waals surface area contributed by atoms with Crippen LogP contribution in [-0.4, -0.2) is 22.6 Å². The maximum atomic E-state index is 13.0. The van der Waals surface area contributed by atoms with Gasteiger partial charge in [-0.25, -0.2) is 0 Å². The molecule has 5 aliphatic rings. The summed E-state index contributed by atoms with van der Waals surface area (Å²) in [6, 6.07) is 0. The minimum absolute atomic E-state index is 0.0211. The highest BCUT2D eigenvalue weighted by Gasteiger charge is 2.71. The third-order valence-electron chi connectivity index (χ3n) is 14.4.